The van der Waals surface area contributed by atoms with Crippen LogP contribution < -0.4 is 10.5 Å². The molecule has 0 radical (unpaired) electrons. The second-order valence-electron chi connectivity index (χ2n) is 11.4. The van der Waals surface area contributed by atoms with E-state index in [1.807, 2.05) is 0 Å². The molecule has 2 heterocycles. The fourth-order valence-electron chi connectivity index (χ4n) is 5.09. The summed E-state index contributed by atoms with van der Waals surface area (Å²) >= 11 is 0. The molecule has 2 N–H and O–H groups in total. The molecule has 10 nitrogen and oxygen atoms in total. The van der Waals surface area contributed by atoms with Crippen LogP contribution in [0.2, 0.25) is 0 Å². The summed E-state index contributed by atoms with van der Waals surface area (Å²) in [6, 6.07) is 3.52. The van der Waals surface area contributed by atoms with Crippen LogP contribution in [0.1, 0.15) is 99.3 Å². The van der Waals surface area contributed by atoms with E-state index in [0.29, 0.717) is 30.9 Å². The topological polar surface area (TPSA) is 136 Å². The summed E-state index contributed by atoms with van der Waals surface area (Å²) in [5, 5.41) is 0. The molecule has 206 valence electrons. The molecule has 3 aliphatic rings. The quantitative estimate of drug-likeness (QED) is 0.358. The van der Waals surface area contributed by atoms with Crippen LogP contribution in [0.25, 0.3) is 0 Å². The van der Waals surface area contributed by atoms with Crippen molar-refractivity contribution in [1.29, 1.82) is 0 Å². The number of unbranched alkanes of at least 4 members (excludes halogenated alkanes) is 5. The van der Waals surface area contributed by atoms with E-state index >= 15 is 0 Å². The molecular formula is C28H37N3O7. The number of likely N-dealkylation sites (tertiary alicyclic amines) is 1. The van der Waals surface area contributed by atoms with Gasteiger partial charge in [-0.1, -0.05) is 31.7 Å². The van der Waals surface area contributed by atoms with Gasteiger partial charge in [0.15, 0.2) is 0 Å². The number of hydrogen-bond acceptors (Lipinski definition) is 8. The van der Waals surface area contributed by atoms with Crippen molar-refractivity contribution in [3.63, 3.8) is 0 Å². The Morgan fingerprint density at radius 1 is 1.00 bits per heavy atom. The van der Waals surface area contributed by atoms with Crippen molar-refractivity contribution in [1.82, 2.24) is 9.80 Å². The van der Waals surface area contributed by atoms with Gasteiger partial charge in [0, 0.05) is 0 Å². The smallest absolute Gasteiger partial charge is 0.424 e. The number of benzene rings is 1. The first kappa shape index (κ1) is 27.8. The maximum atomic E-state index is 13.6. The predicted molar refractivity (Wildman–Crippen MR) is 137 cm³/mol. The number of ether oxygens (including phenoxy) is 2. The van der Waals surface area contributed by atoms with Crippen molar-refractivity contribution in [2.45, 2.75) is 90.2 Å². The molecule has 1 spiro atoms. The van der Waals surface area contributed by atoms with Gasteiger partial charge in [0.05, 0.1) is 23.1 Å². The highest BCUT2D eigenvalue weighted by molar-refractivity contribution is 6.25. The third-order valence-corrected chi connectivity index (χ3v) is 7.25. The minimum Gasteiger partial charge on any atom is -0.493 e. The molecule has 38 heavy (non-hydrogen) atoms. The Morgan fingerprint density at radius 2 is 1.66 bits per heavy atom. The lowest BCUT2D eigenvalue weighted by atomic mass is 9.89. The number of piperidine rings is 1. The maximum absolute atomic E-state index is 13.6. The van der Waals surface area contributed by atoms with Gasteiger partial charge in [-0.3, -0.25) is 24.1 Å². The summed E-state index contributed by atoms with van der Waals surface area (Å²) < 4.78 is 11.2. The van der Waals surface area contributed by atoms with Gasteiger partial charge in [-0.05, 0) is 71.6 Å². The predicted octanol–water partition coefficient (Wildman–Crippen LogP) is 3.80. The van der Waals surface area contributed by atoms with Crippen LogP contribution in [0.4, 0.5) is 4.79 Å². The summed E-state index contributed by atoms with van der Waals surface area (Å²) in [5.41, 5.74) is 3.89. The largest absolute Gasteiger partial charge is 0.493 e. The van der Waals surface area contributed by atoms with Crippen LogP contribution in [0, 0.1) is 5.41 Å². The minimum atomic E-state index is -1.28. The van der Waals surface area contributed by atoms with Crippen molar-refractivity contribution in [2.75, 3.05) is 13.2 Å². The Bertz CT molecular complexity index is 1140. The molecule has 1 atom stereocenters. The fraction of sp³-hybridized carbons (Fsp3) is 0.607. The lowest BCUT2D eigenvalue weighted by molar-refractivity contribution is -0.155. The highest BCUT2D eigenvalue weighted by atomic mass is 16.6. The molecule has 2 aliphatic heterocycles. The number of hydrogen-bond donors (Lipinski definition) is 1. The molecule has 1 aromatic rings. The van der Waals surface area contributed by atoms with E-state index in [9.17, 15) is 24.0 Å². The first-order chi connectivity index (χ1) is 18.0. The first-order valence-electron chi connectivity index (χ1n) is 13.5. The van der Waals surface area contributed by atoms with Crippen LogP contribution in [-0.4, -0.2) is 64.3 Å². The number of nitrogens with zero attached hydrogens (tertiary/aromatic N) is 2. The molecule has 4 rings (SSSR count). The fourth-order valence-corrected chi connectivity index (χ4v) is 5.09. The molecule has 5 amide bonds. The van der Waals surface area contributed by atoms with Gasteiger partial charge in [0.2, 0.25) is 5.91 Å². The van der Waals surface area contributed by atoms with Crippen molar-refractivity contribution in [2.24, 2.45) is 11.1 Å². The number of carbonyl (C=O) groups is 5. The van der Waals surface area contributed by atoms with Gasteiger partial charge >= 0.3 is 6.09 Å². The van der Waals surface area contributed by atoms with Crippen molar-refractivity contribution in [3.8, 4) is 5.75 Å². The number of imide groups is 4. The van der Waals surface area contributed by atoms with E-state index in [2.05, 4.69) is 0 Å². The Morgan fingerprint density at radius 3 is 2.29 bits per heavy atom. The molecule has 0 bridgehead atoms. The third kappa shape index (κ3) is 5.45. The standard InChI is InChI=1S/C28H37N3O7/c1-27(2,3)38-26(36)31-23(33)19(17-28(13-14-28)25(31)35)30-22(32)18-11-10-12-20(21(18)24(30)34)37-16-9-7-5-4-6-8-15-29/h10-12,19H,4-9,13-17,29H2,1-3H3. The Balaban J connectivity index is 1.49. The third-order valence-electron chi connectivity index (χ3n) is 7.25. The minimum absolute atomic E-state index is 0.00419. The molecule has 0 aromatic heterocycles. The summed E-state index contributed by atoms with van der Waals surface area (Å²) in [4.78, 5) is 67.7. The van der Waals surface area contributed by atoms with Gasteiger partial charge in [0.1, 0.15) is 17.4 Å². The van der Waals surface area contributed by atoms with Gasteiger partial charge in [-0.2, -0.15) is 4.90 Å². The van der Waals surface area contributed by atoms with E-state index in [-0.39, 0.29) is 23.3 Å². The molecule has 1 aromatic carbocycles. The van der Waals surface area contributed by atoms with Crippen LogP contribution in [0.15, 0.2) is 18.2 Å². The second-order valence-corrected chi connectivity index (χ2v) is 11.4. The van der Waals surface area contributed by atoms with Gasteiger partial charge in [-0.15, -0.1) is 0 Å². The highest BCUT2D eigenvalue weighted by Gasteiger charge is 2.63. The second kappa shape index (κ2) is 10.8. The SMILES string of the molecule is CC(C)(C)OC(=O)N1C(=O)C(N2C(=O)c3cccc(OCCCCCCCCN)c3C2=O)CC2(CC2)C1=O. The Kier molecular flexibility index (Phi) is 7.92. The number of carbonyl (C=O) groups excluding carboxylic acids is 5. The summed E-state index contributed by atoms with van der Waals surface area (Å²) in [6.07, 6.45) is 5.93. The Labute approximate surface area is 222 Å². The summed E-state index contributed by atoms with van der Waals surface area (Å²) in [7, 11) is 0. The average Bonchev–Trinajstić information content (AvgIpc) is 3.58. The van der Waals surface area contributed by atoms with E-state index in [0.717, 1.165) is 43.4 Å². The van der Waals surface area contributed by atoms with Crippen LogP contribution in [-0.2, 0) is 14.3 Å². The highest BCUT2D eigenvalue weighted by Crippen LogP contribution is 2.54. The monoisotopic (exact) mass is 527 g/mol. The van der Waals surface area contributed by atoms with Gasteiger partial charge < -0.3 is 15.2 Å². The molecule has 10 heteroatoms. The maximum Gasteiger partial charge on any atom is 0.424 e. The van der Waals surface area contributed by atoms with Crippen LogP contribution in [0.3, 0.4) is 0 Å². The van der Waals surface area contributed by atoms with E-state index in [1.165, 1.54) is 6.07 Å². The normalized spacial score (nSPS) is 20.3. The lowest BCUT2D eigenvalue weighted by Gasteiger charge is -2.38. The van der Waals surface area contributed by atoms with Gasteiger partial charge in [0.25, 0.3) is 17.7 Å². The molecule has 1 aliphatic carbocycles. The van der Waals surface area contributed by atoms with Gasteiger partial charge in [-0.25, -0.2) is 4.79 Å². The average molecular weight is 528 g/mol. The van der Waals surface area contributed by atoms with E-state index in [1.54, 1.807) is 32.9 Å². The van der Waals surface area contributed by atoms with Crippen LogP contribution in [0.5, 0.6) is 5.75 Å². The van der Waals surface area contributed by atoms with E-state index in [4.69, 9.17) is 15.2 Å². The molecule has 1 saturated carbocycles. The summed E-state index contributed by atoms with van der Waals surface area (Å²) in [5.74, 6) is -2.56. The lowest BCUT2D eigenvalue weighted by Crippen LogP contribution is -2.61. The zero-order valence-electron chi connectivity index (χ0n) is 22.4. The number of fused-ring (bicyclic) bond motifs is 1. The molecular weight excluding hydrogens is 490 g/mol. The number of nitrogens with two attached hydrogens (primary N) is 1. The van der Waals surface area contributed by atoms with Crippen molar-refractivity contribution >= 4 is 29.7 Å². The number of amides is 5. The van der Waals surface area contributed by atoms with Crippen molar-refractivity contribution < 1.29 is 33.4 Å². The van der Waals surface area contributed by atoms with Crippen LogP contribution >= 0.6 is 0 Å². The molecule has 1 unspecified atom stereocenters. The molecule has 2 fully saturated rings. The van der Waals surface area contributed by atoms with Crippen molar-refractivity contribution in [3.05, 3.63) is 29.3 Å². The summed E-state index contributed by atoms with van der Waals surface area (Å²) in [6.45, 7) is 5.97. The van der Waals surface area contributed by atoms with E-state index < -0.39 is 46.8 Å². The zero-order chi connectivity index (χ0) is 27.7. The Hall–Kier alpha value is -3.27. The zero-order valence-corrected chi connectivity index (χ0v) is 22.4. The first-order valence-corrected chi connectivity index (χ1v) is 13.5. The molecule has 1 saturated heterocycles. The number of rotatable bonds is 10.